The van der Waals surface area contributed by atoms with Gasteiger partial charge in [-0.1, -0.05) is 51.3 Å². The van der Waals surface area contributed by atoms with Gasteiger partial charge < -0.3 is 20.1 Å². The molecule has 6 heteroatoms. The number of para-hydroxylation sites is 1. The van der Waals surface area contributed by atoms with Gasteiger partial charge in [0, 0.05) is 11.3 Å². The van der Waals surface area contributed by atoms with E-state index in [4.69, 9.17) is 9.47 Å². The summed E-state index contributed by atoms with van der Waals surface area (Å²) in [4.78, 5) is 24.8. The summed E-state index contributed by atoms with van der Waals surface area (Å²) in [5, 5.41) is 5.50. The average Bonchev–Trinajstić information content (AvgIpc) is 2.65. The molecule has 0 saturated carbocycles. The summed E-state index contributed by atoms with van der Waals surface area (Å²) in [7, 11) is 0. The van der Waals surface area contributed by atoms with Crippen LogP contribution in [0.2, 0.25) is 0 Å². The molecular formula is C21H30N2O4. The van der Waals surface area contributed by atoms with E-state index in [1.807, 2.05) is 31.2 Å². The third-order valence-corrected chi connectivity index (χ3v) is 4.41. The van der Waals surface area contributed by atoms with Gasteiger partial charge in [-0.05, 0) is 25.8 Å². The highest BCUT2D eigenvalue weighted by Gasteiger charge is 2.33. The van der Waals surface area contributed by atoms with Gasteiger partial charge in [-0.2, -0.15) is 0 Å². The quantitative estimate of drug-likeness (QED) is 0.475. The summed E-state index contributed by atoms with van der Waals surface area (Å²) in [5.74, 6) is 0.249. The molecule has 1 aromatic carbocycles. The summed E-state index contributed by atoms with van der Waals surface area (Å²) in [6, 6.07) is 6.51. The van der Waals surface area contributed by atoms with E-state index in [1.165, 1.54) is 0 Å². The molecule has 1 heterocycles. The van der Waals surface area contributed by atoms with Crippen LogP contribution < -0.4 is 15.4 Å². The third-order valence-electron chi connectivity index (χ3n) is 4.41. The van der Waals surface area contributed by atoms with Gasteiger partial charge in [0.1, 0.15) is 5.75 Å². The highest BCUT2D eigenvalue weighted by Crippen LogP contribution is 2.33. The van der Waals surface area contributed by atoms with Crippen molar-refractivity contribution in [2.45, 2.75) is 58.9 Å². The molecule has 2 rings (SSSR count). The topological polar surface area (TPSA) is 76.7 Å². The highest BCUT2D eigenvalue weighted by atomic mass is 16.5. The Kier molecular flexibility index (Phi) is 8.17. The maximum absolute atomic E-state index is 12.7. The fraction of sp³-hybridized carbons (Fsp3) is 0.524. The summed E-state index contributed by atoms with van der Waals surface area (Å²) in [5.41, 5.74) is 1.67. The molecule has 0 fully saturated rings. The molecule has 0 unspecified atom stereocenters. The van der Waals surface area contributed by atoms with Crippen LogP contribution in [0.15, 0.2) is 35.5 Å². The van der Waals surface area contributed by atoms with Crippen molar-refractivity contribution in [1.82, 2.24) is 10.6 Å². The molecule has 0 saturated heterocycles. The number of benzene rings is 1. The van der Waals surface area contributed by atoms with E-state index in [1.54, 1.807) is 6.92 Å². The van der Waals surface area contributed by atoms with Crippen molar-refractivity contribution in [1.29, 1.82) is 0 Å². The van der Waals surface area contributed by atoms with Gasteiger partial charge in [-0.15, -0.1) is 0 Å². The first kappa shape index (κ1) is 20.8. The zero-order valence-electron chi connectivity index (χ0n) is 16.5. The Morgan fingerprint density at radius 3 is 2.59 bits per heavy atom. The van der Waals surface area contributed by atoms with Crippen LogP contribution in [0.5, 0.6) is 5.75 Å². The van der Waals surface area contributed by atoms with Gasteiger partial charge >= 0.3 is 12.0 Å². The van der Waals surface area contributed by atoms with Crippen LogP contribution in [-0.4, -0.2) is 25.2 Å². The second-order valence-electron chi connectivity index (χ2n) is 6.65. The molecule has 6 nitrogen and oxygen atoms in total. The Bertz CT molecular complexity index is 685. The zero-order chi connectivity index (χ0) is 19.6. The number of carbonyl (C=O) groups is 2. The molecule has 2 N–H and O–H groups in total. The van der Waals surface area contributed by atoms with Gasteiger partial charge in [-0.25, -0.2) is 9.59 Å². The van der Waals surface area contributed by atoms with Crippen molar-refractivity contribution >= 4 is 12.0 Å². The van der Waals surface area contributed by atoms with Crippen LogP contribution in [0.1, 0.15) is 64.5 Å². The van der Waals surface area contributed by atoms with Gasteiger partial charge in [0.2, 0.25) is 0 Å². The molecule has 27 heavy (non-hydrogen) atoms. The van der Waals surface area contributed by atoms with Crippen LogP contribution in [0.25, 0.3) is 0 Å². The second kappa shape index (κ2) is 10.6. The van der Waals surface area contributed by atoms with E-state index < -0.39 is 12.0 Å². The van der Waals surface area contributed by atoms with E-state index in [0.29, 0.717) is 30.2 Å². The molecule has 1 atom stereocenters. The lowest BCUT2D eigenvalue weighted by atomic mass is 9.95. The molecule has 0 spiro atoms. The minimum Gasteiger partial charge on any atom is -0.493 e. The molecule has 1 aromatic rings. The fourth-order valence-electron chi connectivity index (χ4n) is 3.03. The van der Waals surface area contributed by atoms with Crippen molar-refractivity contribution < 1.29 is 19.1 Å². The number of hydrogen-bond donors (Lipinski definition) is 2. The number of unbranched alkanes of at least 4 members (excludes halogenated alkanes) is 3. The average molecular weight is 374 g/mol. The van der Waals surface area contributed by atoms with E-state index in [-0.39, 0.29) is 6.03 Å². The number of esters is 1. The standard InChI is InChI=1S/C21H30N2O4/c1-4-6-7-10-14-27-20(24)18-15(3)22-21(25)23-19(18)16-11-8-9-12-17(16)26-13-5-2/h8-9,11-12,19H,4-7,10,13-14H2,1-3H3,(H2,22,23,25)/t19-/m1/s1. The molecule has 0 aromatic heterocycles. The van der Waals surface area contributed by atoms with Gasteiger partial charge in [0.05, 0.1) is 24.8 Å². The lowest BCUT2D eigenvalue weighted by molar-refractivity contribution is -0.139. The van der Waals surface area contributed by atoms with E-state index in [9.17, 15) is 9.59 Å². The number of rotatable bonds is 10. The number of amides is 2. The summed E-state index contributed by atoms with van der Waals surface area (Å²) in [6.07, 6.45) is 5.00. The molecule has 0 radical (unpaired) electrons. The molecule has 1 aliphatic heterocycles. The Balaban J connectivity index is 2.22. The zero-order valence-corrected chi connectivity index (χ0v) is 16.5. The van der Waals surface area contributed by atoms with Crippen molar-refractivity contribution in [3.63, 3.8) is 0 Å². The number of allylic oxidation sites excluding steroid dienone is 1. The lowest BCUT2D eigenvalue weighted by Crippen LogP contribution is -2.45. The van der Waals surface area contributed by atoms with Gasteiger partial charge in [0.15, 0.2) is 0 Å². The van der Waals surface area contributed by atoms with Crippen molar-refractivity contribution in [3.8, 4) is 5.75 Å². The smallest absolute Gasteiger partial charge is 0.338 e. The minimum absolute atomic E-state index is 0.345. The van der Waals surface area contributed by atoms with Crippen molar-refractivity contribution in [3.05, 3.63) is 41.1 Å². The van der Waals surface area contributed by atoms with Crippen LogP contribution >= 0.6 is 0 Å². The predicted molar refractivity (Wildman–Crippen MR) is 104 cm³/mol. The maximum Gasteiger partial charge on any atom is 0.338 e. The summed E-state index contributed by atoms with van der Waals surface area (Å²) < 4.78 is 11.3. The normalized spacial score (nSPS) is 16.6. The van der Waals surface area contributed by atoms with Gasteiger partial charge in [-0.3, -0.25) is 0 Å². The van der Waals surface area contributed by atoms with Crippen LogP contribution in [0.4, 0.5) is 4.79 Å². The first-order valence-corrected chi connectivity index (χ1v) is 9.75. The van der Waals surface area contributed by atoms with E-state index in [0.717, 1.165) is 37.7 Å². The Morgan fingerprint density at radius 1 is 1.07 bits per heavy atom. The molecular weight excluding hydrogens is 344 g/mol. The minimum atomic E-state index is -0.602. The molecule has 0 aliphatic carbocycles. The monoisotopic (exact) mass is 374 g/mol. The largest absolute Gasteiger partial charge is 0.493 e. The van der Waals surface area contributed by atoms with Crippen LogP contribution in [-0.2, 0) is 9.53 Å². The van der Waals surface area contributed by atoms with Crippen molar-refractivity contribution in [2.24, 2.45) is 0 Å². The van der Waals surface area contributed by atoms with E-state index >= 15 is 0 Å². The number of hydrogen-bond acceptors (Lipinski definition) is 4. The highest BCUT2D eigenvalue weighted by molar-refractivity contribution is 5.95. The first-order chi connectivity index (χ1) is 13.1. The summed E-state index contributed by atoms with van der Waals surface area (Å²) >= 11 is 0. The Morgan fingerprint density at radius 2 is 1.85 bits per heavy atom. The van der Waals surface area contributed by atoms with Crippen molar-refractivity contribution in [2.75, 3.05) is 13.2 Å². The number of urea groups is 1. The summed E-state index contributed by atoms with van der Waals surface area (Å²) in [6.45, 7) is 6.83. The number of carbonyl (C=O) groups excluding carboxylic acids is 2. The predicted octanol–water partition coefficient (Wildman–Crippen LogP) is 4.23. The molecule has 2 amide bonds. The second-order valence-corrected chi connectivity index (χ2v) is 6.65. The molecule has 148 valence electrons. The van der Waals surface area contributed by atoms with E-state index in [2.05, 4.69) is 17.6 Å². The van der Waals surface area contributed by atoms with Gasteiger partial charge in [0.25, 0.3) is 0 Å². The Hall–Kier alpha value is -2.50. The van der Waals surface area contributed by atoms with Crippen LogP contribution in [0, 0.1) is 0 Å². The third kappa shape index (κ3) is 5.74. The lowest BCUT2D eigenvalue weighted by Gasteiger charge is -2.29. The Labute approximate surface area is 161 Å². The molecule has 1 aliphatic rings. The fourth-order valence-corrected chi connectivity index (χ4v) is 3.03. The van der Waals surface area contributed by atoms with Crippen LogP contribution in [0.3, 0.4) is 0 Å². The SMILES string of the molecule is CCCCCCOC(=O)C1=C(C)NC(=O)N[C@@H]1c1ccccc1OCCC. The number of nitrogens with one attached hydrogen (secondary N) is 2. The maximum atomic E-state index is 12.7. The first-order valence-electron chi connectivity index (χ1n) is 9.75. The molecule has 0 bridgehead atoms. The number of ether oxygens (including phenoxy) is 2.